The minimum absolute atomic E-state index is 0.153. The summed E-state index contributed by atoms with van der Waals surface area (Å²) in [7, 11) is 0. The van der Waals surface area contributed by atoms with Crippen LogP contribution in [0.1, 0.15) is 42.2 Å². The largest absolute Gasteiger partial charge is 0.462 e. The molecule has 0 amide bonds. The smallest absolute Gasteiger partial charge is 0.326 e. The van der Waals surface area contributed by atoms with Crippen molar-refractivity contribution < 1.29 is 14.3 Å². The van der Waals surface area contributed by atoms with Crippen LogP contribution in [0.4, 0.5) is 0 Å². The minimum Gasteiger partial charge on any atom is -0.462 e. The molecule has 0 bridgehead atoms. The molecule has 31 heavy (non-hydrogen) atoms. The van der Waals surface area contributed by atoms with E-state index in [1.165, 1.54) is 9.44 Å². The van der Waals surface area contributed by atoms with Crippen LogP contribution in [-0.2, 0) is 33.7 Å². The fourth-order valence-electron chi connectivity index (χ4n) is 4.03. The Morgan fingerprint density at radius 3 is 2.84 bits per heavy atom. The third kappa shape index (κ3) is 4.72. The van der Waals surface area contributed by atoms with Crippen molar-refractivity contribution in [2.24, 2.45) is 0 Å². The lowest BCUT2D eigenvalue weighted by atomic mass is 9.97. The Balaban J connectivity index is 1.72. The van der Waals surface area contributed by atoms with Crippen LogP contribution in [0.2, 0.25) is 0 Å². The van der Waals surface area contributed by atoms with Gasteiger partial charge in [0.1, 0.15) is 23.8 Å². The van der Waals surface area contributed by atoms with Gasteiger partial charge in [-0.25, -0.2) is 4.98 Å². The molecule has 0 aliphatic heterocycles. The maximum Gasteiger partial charge on any atom is 0.326 e. The molecule has 0 fully saturated rings. The Bertz CT molecular complexity index is 1150. The van der Waals surface area contributed by atoms with Crippen LogP contribution >= 0.6 is 11.3 Å². The fourth-order valence-corrected chi connectivity index (χ4v) is 5.28. The van der Waals surface area contributed by atoms with Crippen LogP contribution in [0.15, 0.2) is 29.1 Å². The maximum absolute atomic E-state index is 13.6. The normalized spacial score (nSPS) is 13.4. The molecule has 0 spiro atoms. The van der Waals surface area contributed by atoms with E-state index in [0.29, 0.717) is 24.4 Å². The van der Waals surface area contributed by atoms with Crippen molar-refractivity contribution in [3.05, 3.63) is 50.6 Å². The van der Waals surface area contributed by atoms with Crippen LogP contribution < -0.4 is 5.56 Å². The van der Waals surface area contributed by atoms with Gasteiger partial charge in [-0.2, -0.15) is 0 Å². The van der Waals surface area contributed by atoms with Crippen molar-refractivity contribution in [1.82, 2.24) is 9.55 Å². The van der Waals surface area contributed by atoms with Gasteiger partial charge in [-0.1, -0.05) is 30.7 Å². The summed E-state index contributed by atoms with van der Waals surface area (Å²) in [6.07, 6.45) is 5.04. The van der Waals surface area contributed by atoms with Gasteiger partial charge in [-0.05, 0) is 50.7 Å². The van der Waals surface area contributed by atoms with Crippen molar-refractivity contribution in [3.63, 3.8) is 0 Å². The first-order valence-electron chi connectivity index (χ1n) is 10.9. The lowest BCUT2D eigenvalue weighted by molar-refractivity contribution is -0.145. The summed E-state index contributed by atoms with van der Waals surface area (Å²) in [4.78, 5) is 33.0. The zero-order chi connectivity index (χ0) is 21.8. The third-order valence-corrected chi connectivity index (χ3v) is 6.66. The van der Waals surface area contributed by atoms with Crippen LogP contribution in [-0.4, -0.2) is 35.3 Å². The van der Waals surface area contributed by atoms with Gasteiger partial charge in [-0.3, -0.25) is 14.2 Å². The number of carbonyl (C=O) groups is 1. The van der Waals surface area contributed by atoms with Gasteiger partial charge in [0, 0.05) is 17.0 Å². The standard InChI is InChI=1S/C24H28N2O4S/c1-3-11-29-12-13-30-20(27)15-26-22(17-8-6-7-16(2)14-17)25-23-21(24(26)28)18-9-4-5-10-19(18)31-23/h6-8,14H,3-5,9-13,15H2,1-2H3. The lowest BCUT2D eigenvalue weighted by Gasteiger charge is -2.14. The number of nitrogens with zero attached hydrogens (tertiary/aromatic N) is 2. The fraction of sp³-hybridized carbons (Fsp3) is 0.458. The molecule has 164 valence electrons. The molecule has 0 unspecified atom stereocenters. The third-order valence-electron chi connectivity index (χ3n) is 5.48. The predicted molar refractivity (Wildman–Crippen MR) is 123 cm³/mol. The molecule has 3 aromatic rings. The van der Waals surface area contributed by atoms with Crippen molar-refractivity contribution in [2.45, 2.75) is 52.5 Å². The van der Waals surface area contributed by atoms with Crippen molar-refractivity contribution in [3.8, 4) is 11.4 Å². The van der Waals surface area contributed by atoms with E-state index in [9.17, 15) is 9.59 Å². The molecule has 7 heteroatoms. The summed E-state index contributed by atoms with van der Waals surface area (Å²) >= 11 is 1.62. The second-order valence-corrected chi connectivity index (χ2v) is 9.00. The molecule has 0 N–H and O–H groups in total. The van der Waals surface area contributed by atoms with E-state index in [0.717, 1.165) is 53.6 Å². The van der Waals surface area contributed by atoms with Crippen LogP contribution in [0, 0.1) is 6.92 Å². The minimum atomic E-state index is -0.457. The van der Waals surface area contributed by atoms with E-state index < -0.39 is 5.97 Å². The molecular formula is C24H28N2O4S. The Hall–Kier alpha value is -2.51. The molecule has 1 aromatic carbocycles. The first kappa shape index (κ1) is 21.7. The second kappa shape index (κ2) is 9.75. The zero-order valence-electron chi connectivity index (χ0n) is 18.1. The SMILES string of the molecule is CCCOCCOC(=O)Cn1c(-c2cccc(C)c2)nc2sc3c(c2c1=O)CCCC3. The van der Waals surface area contributed by atoms with Gasteiger partial charge in [0.15, 0.2) is 0 Å². The highest BCUT2D eigenvalue weighted by Crippen LogP contribution is 2.34. The number of ether oxygens (including phenoxy) is 2. The first-order valence-corrected chi connectivity index (χ1v) is 11.8. The Kier molecular flexibility index (Phi) is 6.83. The number of thiophene rings is 1. The number of hydrogen-bond acceptors (Lipinski definition) is 6. The number of aromatic nitrogens is 2. The van der Waals surface area contributed by atoms with E-state index >= 15 is 0 Å². The van der Waals surface area contributed by atoms with Crippen molar-refractivity contribution in [1.29, 1.82) is 0 Å². The predicted octanol–water partition coefficient (Wildman–Crippen LogP) is 4.28. The molecule has 1 aliphatic carbocycles. The average Bonchev–Trinajstić information content (AvgIpc) is 3.14. The van der Waals surface area contributed by atoms with E-state index in [1.54, 1.807) is 11.3 Å². The molecule has 1 aliphatic rings. The van der Waals surface area contributed by atoms with Gasteiger partial charge in [0.05, 0.1) is 12.0 Å². The van der Waals surface area contributed by atoms with E-state index in [2.05, 4.69) is 0 Å². The Morgan fingerprint density at radius 1 is 1.19 bits per heavy atom. The summed E-state index contributed by atoms with van der Waals surface area (Å²) in [5, 5.41) is 0.676. The molecule has 0 saturated heterocycles. The topological polar surface area (TPSA) is 70.4 Å². The van der Waals surface area contributed by atoms with Gasteiger partial charge >= 0.3 is 5.97 Å². The van der Waals surface area contributed by atoms with Gasteiger partial charge in [0.25, 0.3) is 5.56 Å². The summed E-state index contributed by atoms with van der Waals surface area (Å²) in [6, 6.07) is 7.85. The lowest BCUT2D eigenvalue weighted by Crippen LogP contribution is -2.28. The van der Waals surface area contributed by atoms with Crippen LogP contribution in [0.5, 0.6) is 0 Å². The van der Waals surface area contributed by atoms with Crippen LogP contribution in [0.25, 0.3) is 21.6 Å². The Morgan fingerprint density at radius 2 is 2.03 bits per heavy atom. The molecule has 0 atom stereocenters. The average molecular weight is 441 g/mol. The summed E-state index contributed by atoms with van der Waals surface area (Å²) in [6.45, 7) is 5.03. The Labute approximate surface area is 185 Å². The maximum atomic E-state index is 13.6. The van der Waals surface area contributed by atoms with E-state index in [-0.39, 0.29) is 18.7 Å². The van der Waals surface area contributed by atoms with E-state index in [4.69, 9.17) is 14.5 Å². The second-order valence-electron chi connectivity index (χ2n) is 7.92. The highest BCUT2D eigenvalue weighted by atomic mass is 32.1. The number of esters is 1. The summed E-state index contributed by atoms with van der Waals surface area (Å²) < 4.78 is 12.2. The number of carbonyl (C=O) groups excluding carboxylic acids is 1. The zero-order valence-corrected chi connectivity index (χ0v) is 18.9. The van der Waals surface area contributed by atoms with Gasteiger partial charge < -0.3 is 9.47 Å². The van der Waals surface area contributed by atoms with Crippen molar-refractivity contribution >= 4 is 27.5 Å². The molecule has 2 heterocycles. The molecule has 0 radical (unpaired) electrons. The van der Waals surface area contributed by atoms with E-state index in [1.807, 2.05) is 38.1 Å². The van der Waals surface area contributed by atoms with Crippen LogP contribution in [0.3, 0.4) is 0 Å². The van der Waals surface area contributed by atoms with Crippen molar-refractivity contribution in [2.75, 3.05) is 19.8 Å². The highest BCUT2D eigenvalue weighted by Gasteiger charge is 2.23. The molecule has 0 saturated carbocycles. The highest BCUT2D eigenvalue weighted by molar-refractivity contribution is 7.18. The molecule has 6 nitrogen and oxygen atoms in total. The molecular weight excluding hydrogens is 412 g/mol. The number of benzene rings is 1. The quantitative estimate of drug-likeness (QED) is 0.386. The monoisotopic (exact) mass is 440 g/mol. The summed E-state index contributed by atoms with van der Waals surface area (Å²) in [5.41, 5.74) is 2.86. The number of rotatable bonds is 8. The van der Waals surface area contributed by atoms with Gasteiger partial charge in [0.2, 0.25) is 0 Å². The number of aryl methyl sites for hydroxylation is 3. The first-order chi connectivity index (χ1) is 15.1. The molecule has 2 aromatic heterocycles. The summed E-state index contributed by atoms with van der Waals surface area (Å²) in [5.74, 6) is 0.0559. The molecule has 4 rings (SSSR count). The number of hydrogen-bond donors (Lipinski definition) is 0. The number of fused-ring (bicyclic) bond motifs is 3. The van der Waals surface area contributed by atoms with Gasteiger partial charge in [-0.15, -0.1) is 11.3 Å².